The second kappa shape index (κ2) is 12.5. The lowest BCUT2D eigenvalue weighted by Gasteiger charge is -2.39. The van der Waals surface area contributed by atoms with Crippen LogP contribution in [0.5, 0.6) is 11.5 Å². The lowest BCUT2D eigenvalue weighted by molar-refractivity contribution is 0.436. The molecule has 0 saturated heterocycles. The summed E-state index contributed by atoms with van der Waals surface area (Å²) in [7, 11) is 0. The minimum atomic E-state index is -0.692. The first-order valence-electron chi connectivity index (χ1n) is 18.8. The number of para-hydroxylation sites is 2. The summed E-state index contributed by atoms with van der Waals surface area (Å²) in [5.41, 5.74) is 13.6. The Morgan fingerprint density at radius 1 is 0.429 bits per heavy atom. The molecule has 0 radical (unpaired) electrons. The van der Waals surface area contributed by atoms with E-state index in [9.17, 15) is 5.26 Å². The van der Waals surface area contributed by atoms with Gasteiger partial charge in [-0.15, -0.1) is 0 Å². The van der Waals surface area contributed by atoms with Gasteiger partial charge in [-0.3, -0.25) is 0 Å². The molecule has 1 spiro atoms. The van der Waals surface area contributed by atoms with E-state index in [2.05, 4.69) is 127 Å². The normalized spacial score (nSPS) is 12.9. The molecule has 4 nitrogen and oxygen atoms in total. The van der Waals surface area contributed by atoms with Gasteiger partial charge >= 0.3 is 0 Å². The number of benzene rings is 8. The molecule has 8 aromatic carbocycles. The molecular weight excluding hydrogens is 683 g/mol. The molecule has 2 heterocycles. The van der Waals surface area contributed by atoms with Crippen molar-refractivity contribution in [1.29, 1.82) is 5.26 Å². The Kier molecular flexibility index (Phi) is 7.10. The van der Waals surface area contributed by atoms with Crippen molar-refractivity contribution in [2.75, 3.05) is 0 Å². The van der Waals surface area contributed by atoms with Gasteiger partial charge in [-0.1, -0.05) is 164 Å². The van der Waals surface area contributed by atoms with E-state index in [-0.39, 0.29) is 0 Å². The number of fused-ring (bicyclic) bond motifs is 10. The number of hydrogen-bond acceptors (Lipinski definition) is 4. The molecule has 0 fully saturated rings. The molecule has 56 heavy (non-hydrogen) atoms. The van der Waals surface area contributed by atoms with Gasteiger partial charge in [-0.25, -0.2) is 9.97 Å². The first kappa shape index (κ1) is 31.9. The van der Waals surface area contributed by atoms with Crippen molar-refractivity contribution < 1.29 is 4.74 Å². The van der Waals surface area contributed by atoms with Crippen LogP contribution in [0, 0.1) is 11.3 Å². The summed E-state index contributed by atoms with van der Waals surface area (Å²) in [6.07, 6.45) is 0. The highest BCUT2D eigenvalue weighted by Crippen LogP contribution is 2.65. The van der Waals surface area contributed by atoms with E-state index in [1.807, 2.05) is 66.7 Å². The highest BCUT2D eigenvalue weighted by molar-refractivity contribution is 6.08. The van der Waals surface area contributed by atoms with Crippen LogP contribution in [0.2, 0.25) is 0 Å². The molecule has 1 aromatic heterocycles. The van der Waals surface area contributed by atoms with Crippen LogP contribution in [-0.4, -0.2) is 9.97 Å². The van der Waals surface area contributed by atoms with Crippen LogP contribution in [0.15, 0.2) is 188 Å². The SMILES string of the molecule is N#Cc1ccc(-c2cccc3c2-c2c(-c4cc(-c5ccccc5)nc(-c5ccccc5)n4)cccc2C32c3ccccc3Oc3ccccc32)c2ccccc12. The molecule has 0 N–H and O–H groups in total. The van der Waals surface area contributed by atoms with E-state index in [1.165, 1.54) is 11.1 Å². The Balaban J connectivity index is 1.29. The molecule has 2 aliphatic rings. The molecule has 1 aliphatic heterocycles. The Morgan fingerprint density at radius 2 is 0.964 bits per heavy atom. The second-order valence-corrected chi connectivity index (χ2v) is 14.3. The van der Waals surface area contributed by atoms with Gasteiger partial charge in [-0.2, -0.15) is 5.26 Å². The summed E-state index contributed by atoms with van der Waals surface area (Å²) in [5, 5.41) is 12.1. The second-order valence-electron chi connectivity index (χ2n) is 14.3. The molecule has 0 bridgehead atoms. The van der Waals surface area contributed by atoms with Gasteiger partial charge in [-0.05, 0) is 63.0 Å². The van der Waals surface area contributed by atoms with Crippen molar-refractivity contribution in [3.63, 3.8) is 0 Å². The summed E-state index contributed by atoms with van der Waals surface area (Å²) in [5.74, 6) is 2.34. The zero-order valence-corrected chi connectivity index (χ0v) is 30.1. The van der Waals surface area contributed by atoms with Crippen LogP contribution in [0.4, 0.5) is 0 Å². The molecule has 1 aliphatic carbocycles. The summed E-state index contributed by atoms with van der Waals surface area (Å²) >= 11 is 0. The van der Waals surface area contributed by atoms with Crippen molar-refractivity contribution in [3.8, 4) is 73.7 Å². The monoisotopic (exact) mass is 713 g/mol. The first-order valence-corrected chi connectivity index (χ1v) is 18.8. The summed E-state index contributed by atoms with van der Waals surface area (Å²) in [4.78, 5) is 10.5. The third-order valence-electron chi connectivity index (χ3n) is 11.4. The van der Waals surface area contributed by atoms with E-state index in [1.54, 1.807) is 0 Å². The topological polar surface area (TPSA) is 58.8 Å². The lowest BCUT2D eigenvalue weighted by Crippen LogP contribution is -2.32. The van der Waals surface area contributed by atoms with Crippen LogP contribution in [-0.2, 0) is 5.41 Å². The first-order chi connectivity index (χ1) is 27.7. The average molecular weight is 714 g/mol. The van der Waals surface area contributed by atoms with Crippen LogP contribution in [0.1, 0.15) is 27.8 Å². The van der Waals surface area contributed by atoms with E-state index >= 15 is 0 Å². The average Bonchev–Trinajstić information content (AvgIpc) is 3.57. The predicted molar refractivity (Wildman–Crippen MR) is 223 cm³/mol. The zero-order valence-electron chi connectivity index (χ0n) is 30.1. The molecule has 0 amide bonds. The molecule has 11 rings (SSSR count). The largest absolute Gasteiger partial charge is 0.457 e. The fourth-order valence-electron chi connectivity index (χ4n) is 9.12. The van der Waals surface area contributed by atoms with Crippen LogP contribution in [0.3, 0.4) is 0 Å². The van der Waals surface area contributed by atoms with Gasteiger partial charge in [0.1, 0.15) is 11.5 Å². The van der Waals surface area contributed by atoms with Crippen LogP contribution >= 0.6 is 0 Å². The van der Waals surface area contributed by atoms with Gasteiger partial charge in [0.25, 0.3) is 0 Å². The van der Waals surface area contributed by atoms with Gasteiger partial charge in [0, 0.05) is 33.2 Å². The molecule has 0 atom stereocenters. The maximum Gasteiger partial charge on any atom is 0.160 e. The Labute approximate surface area is 324 Å². The predicted octanol–water partition coefficient (Wildman–Crippen LogP) is 12.6. The molecular formula is C52H31N3O. The minimum absolute atomic E-state index is 0.657. The molecule has 9 aromatic rings. The molecule has 4 heteroatoms. The van der Waals surface area contributed by atoms with E-state index in [4.69, 9.17) is 14.7 Å². The van der Waals surface area contributed by atoms with Crippen LogP contribution < -0.4 is 4.74 Å². The minimum Gasteiger partial charge on any atom is -0.457 e. The van der Waals surface area contributed by atoms with Crippen LogP contribution in [0.25, 0.3) is 66.9 Å². The van der Waals surface area contributed by atoms with Crippen molar-refractivity contribution in [1.82, 2.24) is 9.97 Å². The highest BCUT2D eigenvalue weighted by atomic mass is 16.5. The number of nitrogens with zero attached hydrogens (tertiary/aromatic N) is 3. The summed E-state index contributed by atoms with van der Waals surface area (Å²) in [6.45, 7) is 0. The summed E-state index contributed by atoms with van der Waals surface area (Å²) in [6, 6.07) is 67.7. The van der Waals surface area contributed by atoms with Gasteiger partial charge in [0.15, 0.2) is 5.82 Å². The third-order valence-corrected chi connectivity index (χ3v) is 11.4. The van der Waals surface area contributed by atoms with Crippen molar-refractivity contribution in [3.05, 3.63) is 216 Å². The Morgan fingerprint density at radius 3 is 1.64 bits per heavy atom. The number of aromatic nitrogens is 2. The van der Waals surface area contributed by atoms with E-state index < -0.39 is 5.41 Å². The Bertz CT molecular complexity index is 2970. The van der Waals surface area contributed by atoms with E-state index in [0.29, 0.717) is 11.4 Å². The zero-order chi connectivity index (χ0) is 37.2. The van der Waals surface area contributed by atoms with Crippen molar-refractivity contribution in [2.24, 2.45) is 0 Å². The van der Waals surface area contributed by atoms with Crippen molar-refractivity contribution in [2.45, 2.75) is 5.41 Å². The fourth-order valence-corrected chi connectivity index (χ4v) is 9.12. The van der Waals surface area contributed by atoms with E-state index in [0.717, 1.165) is 83.7 Å². The highest BCUT2D eigenvalue weighted by Gasteiger charge is 2.52. The number of hydrogen-bond donors (Lipinski definition) is 0. The molecule has 260 valence electrons. The lowest BCUT2D eigenvalue weighted by atomic mass is 9.66. The fraction of sp³-hybridized carbons (Fsp3) is 0.0192. The number of nitriles is 1. The molecule has 0 unspecified atom stereocenters. The van der Waals surface area contributed by atoms with Gasteiger partial charge in [0.05, 0.1) is 28.4 Å². The van der Waals surface area contributed by atoms with Crippen molar-refractivity contribution >= 4 is 10.8 Å². The summed E-state index contributed by atoms with van der Waals surface area (Å²) < 4.78 is 6.69. The van der Waals surface area contributed by atoms with Gasteiger partial charge in [0.2, 0.25) is 0 Å². The third kappa shape index (κ3) is 4.58. The number of rotatable bonds is 4. The maximum atomic E-state index is 10.1. The number of ether oxygens (including phenoxy) is 1. The standard InChI is InChI=1S/C52H31N3O/c53-32-35-29-30-38(37-20-8-7-19-36(35)37)39-21-13-25-43-49(39)50-40(46-31-45(33-15-3-1-4-16-33)54-51(55-46)34-17-5-2-6-18-34)22-14-26-44(50)52(43)41-23-9-11-27-47(41)56-48-28-12-10-24-42(48)52/h1-31H. The Hall–Kier alpha value is -7.61. The quantitative estimate of drug-likeness (QED) is 0.182. The maximum absolute atomic E-state index is 10.1. The van der Waals surface area contributed by atoms with Gasteiger partial charge < -0.3 is 4.74 Å². The molecule has 0 saturated carbocycles. The smallest absolute Gasteiger partial charge is 0.160 e.